The molecular formula is C20H27N11O12P2. The molecule has 2 bridgehead atoms. The summed E-state index contributed by atoms with van der Waals surface area (Å²) in [5.41, 5.74) is 18.2. The number of aliphatic hydroxyl groups is 2. The second-order valence-corrected chi connectivity index (χ2v) is 13.1. The topological polar surface area (TPSA) is 334 Å². The van der Waals surface area contributed by atoms with Crippen molar-refractivity contribution < 1.29 is 56.7 Å². The summed E-state index contributed by atoms with van der Waals surface area (Å²) in [5, 5.41) is 24.9. The Kier molecular flexibility index (Phi) is 7.44. The van der Waals surface area contributed by atoms with Crippen molar-refractivity contribution in [3.63, 3.8) is 0 Å². The van der Waals surface area contributed by atoms with Gasteiger partial charge in [-0.05, 0) is 0 Å². The molecule has 3 saturated heterocycles. The second-order valence-electron chi connectivity index (χ2n) is 10.3. The van der Waals surface area contributed by atoms with E-state index in [1.165, 1.54) is 21.8 Å². The average Bonchev–Trinajstić information content (AvgIpc) is 3.72. The van der Waals surface area contributed by atoms with E-state index in [1.807, 2.05) is 0 Å². The number of phosphoric acid groups is 2. The Hall–Kier alpha value is -3.15. The molecule has 0 aromatic carbocycles. The summed E-state index contributed by atoms with van der Waals surface area (Å²) in [5.74, 6) is 0.175. The van der Waals surface area contributed by atoms with Gasteiger partial charge in [-0.15, -0.1) is 0 Å². The Morgan fingerprint density at radius 2 is 1.53 bits per heavy atom. The molecule has 0 radical (unpaired) electrons. The number of nitrogens with two attached hydrogens (primary N) is 3. The smallest absolute Gasteiger partial charge is 0.387 e. The summed E-state index contributed by atoms with van der Waals surface area (Å²) in [6, 6.07) is 0. The summed E-state index contributed by atoms with van der Waals surface area (Å²) in [6.07, 6.45) is -9.58. The number of aliphatic hydroxyl groups excluding tert-OH is 2. The van der Waals surface area contributed by atoms with Crippen molar-refractivity contribution in [3.8, 4) is 0 Å². The Morgan fingerprint density at radius 1 is 0.867 bits per heavy atom. The molecule has 11 N–H and O–H groups in total. The third-order valence-electron chi connectivity index (χ3n) is 7.50. The summed E-state index contributed by atoms with van der Waals surface area (Å²) < 4.78 is 61.6. The Bertz CT molecular complexity index is 1750. The largest absolute Gasteiger partial charge is 0.472 e. The number of nitrogen functional groups attached to an aromatic ring is 1. The van der Waals surface area contributed by atoms with Crippen molar-refractivity contribution in [1.82, 2.24) is 29.1 Å². The molecule has 0 saturated carbocycles. The van der Waals surface area contributed by atoms with E-state index in [0.717, 1.165) is 6.33 Å². The van der Waals surface area contributed by atoms with E-state index in [0.29, 0.717) is 0 Å². The Labute approximate surface area is 251 Å². The summed E-state index contributed by atoms with van der Waals surface area (Å²) >= 11 is 0. The Morgan fingerprint density at radius 3 is 2.29 bits per heavy atom. The molecule has 3 aromatic rings. The number of anilines is 2. The van der Waals surface area contributed by atoms with Gasteiger partial charge in [0.25, 0.3) is 0 Å². The fourth-order valence-corrected chi connectivity index (χ4v) is 7.34. The maximum Gasteiger partial charge on any atom is 0.472 e. The minimum Gasteiger partial charge on any atom is -0.387 e. The van der Waals surface area contributed by atoms with Gasteiger partial charge in [-0.2, -0.15) is 0 Å². The molecule has 0 aliphatic carbocycles. The first-order valence-corrected chi connectivity index (χ1v) is 16.1. The van der Waals surface area contributed by atoms with Crippen LogP contribution in [0.15, 0.2) is 24.0 Å². The number of imidazole rings is 2. The van der Waals surface area contributed by atoms with Gasteiger partial charge >= 0.3 is 15.6 Å². The highest BCUT2D eigenvalue weighted by Crippen LogP contribution is 2.54. The first-order valence-electron chi connectivity index (χ1n) is 13.2. The number of aliphatic imine (C=N–C) groups is 1. The third-order valence-corrected chi connectivity index (χ3v) is 9.47. The zero-order valence-corrected chi connectivity index (χ0v) is 24.4. The lowest BCUT2D eigenvalue weighted by Crippen LogP contribution is -2.36. The molecule has 7 heterocycles. The molecule has 7 unspecified atom stereocenters. The minimum atomic E-state index is -5.07. The van der Waals surface area contributed by atoms with E-state index in [1.54, 1.807) is 0 Å². The van der Waals surface area contributed by atoms with Crippen molar-refractivity contribution >= 4 is 44.4 Å². The van der Waals surface area contributed by atoms with E-state index in [9.17, 15) is 29.1 Å². The Balaban J connectivity index is 1.19. The highest BCUT2D eigenvalue weighted by atomic mass is 31.2. The van der Waals surface area contributed by atoms with Crippen LogP contribution in [0.25, 0.3) is 11.2 Å². The molecule has 3 fully saturated rings. The summed E-state index contributed by atoms with van der Waals surface area (Å²) in [6.45, 7) is -1.58. The molecule has 23 nitrogen and oxygen atoms in total. The van der Waals surface area contributed by atoms with Gasteiger partial charge in [-0.3, -0.25) is 27.2 Å². The highest BCUT2D eigenvalue weighted by Gasteiger charge is 2.54. The van der Waals surface area contributed by atoms with Crippen LogP contribution in [0.3, 0.4) is 0 Å². The van der Waals surface area contributed by atoms with Crippen LogP contribution >= 0.6 is 15.6 Å². The lowest BCUT2D eigenvalue weighted by Gasteiger charge is -2.27. The van der Waals surface area contributed by atoms with Crippen LogP contribution in [0, 0.1) is 0 Å². The van der Waals surface area contributed by atoms with Gasteiger partial charge in [0.1, 0.15) is 66.1 Å². The maximum atomic E-state index is 13.2. The predicted molar refractivity (Wildman–Crippen MR) is 145 cm³/mol. The summed E-state index contributed by atoms with van der Waals surface area (Å²) in [7, 11) is -10.1. The number of guanidine groups is 1. The van der Waals surface area contributed by atoms with E-state index in [4.69, 9.17) is 44.8 Å². The number of nitrogens with one attached hydrogen (secondary N) is 1. The van der Waals surface area contributed by atoms with Gasteiger partial charge in [-0.1, -0.05) is 0 Å². The zero-order chi connectivity index (χ0) is 31.8. The fourth-order valence-electron chi connectivity index (χ4n) is 5.45. The summed E-state index contributed by atoms with van der Waals surface area (Å²) in [4.78, 5) is 41.5. The number of fused-ring (bicyclic) bond motifs is 5. The molecule has 45 heavy (non-hydrogen) atoms. The number of ether oxygens (including phenoxy) is 2. The van der Waals surface area contributed by atoms with Crippen LogP contribution in [0.1, 0.15) is 24.3 Å². The highest BCUT2D eigenvalue weighted by molar-refractivity contribution is 7.47. The van der Waals surface area contributed by atoms with Gasteiger partial charge in [0, 0.05) is 0 Å². The molecule has 3 aromatic heterocycles. The van der Waals surface area contributed by atoms with E-state index >= 15 is 0 Å². The van der Waals surface area contributed by atoms with Crippen LogP contribution in [0.4, 0.5) is 11.6 Å². The SMILES string of the molecule is NC1=NC(N)c2ncn([C@@H]3O[C@@H]4COP(=O)(O)OC5C(O)[C@H](n6cnc7c(N)ncnc76)O[C@@H]5COP(=O)(O)OC3C4O)c2N1. The van der Waals surface area contributed by atoms with E-state index in [2.05, 4.69) is 30.2 Å². The molecule has 0 amide bonds. The number of phosphoric ester groups is 2. The minimum absolute atomic E-state index is 0.0452. The predicted octanol–water partition coefficient (Wildman–Crippen LogP) is -2.46. The van der Waals surface area contributed by atoms with Gasteiger partial charge in [0.15, 0.2) is 29.9 Å². The van der Waals surface area contributed by atoms with Crippen molar-refractivity contribution in [2.24, 2.45) is 16.5 Å². The van der Waals surface area contributed by atoms with E-state index < -0.39 is 84.1 Å². The van der Waals surface area contributed by atoms with Gasteiger partial charge < -0.3 is 52.0 Å². The van der Waals surface area contributed by atoms with Crippen molar-refractivity contribution in [2.45, 2.75) is 55.2 Å². The normalized spacial score (nSPS) is 40.5. The first kappa shape index (κ1) is 30.5. The average molecular weight is 675 g/mol. The van der Waals surface area contributed by atoms with Crippen molar-refractivity contribution in [2.75, 3.05) is 24.3 Å². The number of nitrogens with zero attached hydrogens (tertiary/aromatic N) is 7. The molecule has 7 rings (SSSR count). The van der Waals surface area contributed by atoms with Gasteiger partial charge in [0.05, 0.1) is 25.9 Å². The molecule has 4 aliphatic rings. The van der Waals surface area contributed by atoms with Crippen molar-refractivity contribution in [1.29, 1.82) is 0 Å². The second kappa shape index (κ2) is 11.0. The maximum absolute atomic E-state index is 13.2. The molecule has 4 aliphatic heterocycles. The standard InChI is InChI=1S/C20H27N11O12P2/c21-14-8-16(25-3-24-14)30(4-26-8)18-11(33)12-7(41-18)2-39-45(36,37)43-13-10(32)6(1-38-44(34,35)42-12)40-19(13)31-5-27-9-15(22)28-20(23)29-17(9)31/h3-7,10-13,15,18-19,32-33H,1-2,22H2,(H,34,35)(H,36,37)(H2,21,24,25)(H3,23,28,29)/t6-,7-,10?,11?,12?,13?,15?,18-,19-/m1/s1. The van der Waals surface area contributed by atoms with Crippen molar-refractivity contribution in [3.05, 3.63) is 24.7 Å². The fraction of sp³-hybridized carbons (Fsp3) is 0.550. The zero-order valence-electron chi connectivity index (χ0n) is 22.7. The molecular weight excluding hydrogens is 648 g/mol. The molecule has 11 atom stereocenters. The lowest BCUT2D eigenvalue weighted by atomic mass is 10.1. The van der Waals surface area contributed by atoms with Crippen LogP contribution in [0.2, 0.25) is 0 Å². The number of hydrogen-bond donors (Lipinski definition) is 8. The molecule has 244 valence electrons. The number of rotatable bonds is 2. The number of aromatic nitrogens is 6. The van der Waals surface area contributed by atoms with Gasteiger partial charge in [-0.25, -0.2) is 34.1 Å². The van der Waals surface area contributed by atoms with Crippen LogP contribution < -0.4 is 22.5 Å². The van der Waals surface area contributed by atoms with Gasteiger partial charge in [0.2, 0.25) is 0 Å². The molecule has 25 heteroatoms. The van der Waals surface area contributed by atoms with Crippen LogP contribution in [0.5, 0.6) is 0 Å². The quantitative estimate of drug-likeness (QED) is 0.130. The molecule has 0 spiro atoms. The van der Waals surface area contributed by atoms with Crippen LogP contribution in [-0.4, -0.2) is 105 Å². The van der Waals surface area contributed by atoms with E-state index in [-0.39, 0.29) is 34.5 Å². The monoisotopic (exact) mass is 675 g/mol. The number of hydrogen-bond acceptors (Lipinski definition) is 19. The lowest BCUT2D eigenvalue weighted by molar-refractivity contribution is -0.0676. The van der Waals surface area contributed by atoms with Crippen LogP contribution in [-0.2, 0) is 36.7 Å². The third kappa shape index (κ3) is 5.40. The first-order chi connectivity index (χ1) is 21.3.